The molecule has 3 nitrogen and oxygen atoms in total. The van der Waals surface area contributed by atoms with Crippen LogP contribution in [0.4, 0.5) is 0 Å². The first-order valence-corrected chi connectivity index (χ1v) is 4.80. The first-order valence-electron chi connectivity index (χ1n) is 4.80. The van der Waals surface area contributed by atoms with Gasteiger partial charge in [0.25, 0.3) is 0 Å². The van der Waals surface area contributed by atoms with Gasteiger partial charge in [-0.3, -0.25) is 4.79 Å². The fourth-order valence-corrected chi connectivity index (χ4v) is 0.883. The molecule has 0 rings (SSSR count). The van der Waals surface area contributed by atoms with Crippen molar-refractivity contribution in [3.05, 3.63) is 0 Å². The molecule has 13 heavy (non-hydrogen) atoms. The van der Waals surface area contributed by atoms with Gasteiger partial charge in [-0.25, -0.2) is 0 Å². The average molecular weight is 187 g/mol. The van der Waals surface area contributed by atoms with E-state index in [1.54, 1.807) is 0 Å². The van der Waals surface area contributed by atoms with E-state index in [-0.39, 0.29) is 11.9 Å². The normalized spacial score (nSPS) is 15.5. The molecule has 0 radical (unpaired) electrons. The predicted molar refractivity (Wildman–Crippen MR) is 53.5 cm³/mol. The molecule has 0 saturated heterocycles. The second-order valence-electron chi connectivity index (χ2n) is 3.87. The lowest BCUT2D eigenvalue weighted by Crippen LogP contribution is -2.36. The lowest BCUT2D eigenvalue weighted by molar-refractivity contribution is -0.144. The number of ether oxygens (including phenoxy) is 1. The Bertz CT molecular complexity index is 157. The summed E-state index contributed by atoms with van der Waals surface area (Å²) in [7, 11) is 1.42. The van der Waals surface area contributed by atoms with Crippen LogP contribution in [0.3, 0.4) is 0 Å². The van der Waals surface area contributed by atoms with Crippen LogP contribution in [-0.4, -0.2) is 25.7 Å². The Morgan fingerprint density at radius 1 is 1.31 bits per heavy atom. The minimum absolute atomic E-state index is 0.0637. The molecule has 0 aliphatic carbocycles. The maximum atomic E-state index is 11.0. The van der Waals surface area contributed by atoms with Crippen LogP contribution in [0.5, 0.6) is 0 Å². The molecule has 0 amide bonds. The Morgan fingerprint density at radius 3 is 2.23 bits per heavy atom. The minimum Gasteiger partial charge on any atom is -0.469 e. The van der Waals surface area contributed by atoms with E-state index in [0.29, 0.717) is 18.5 Å². The van der Waals surface area contributed by atoms with Gasteiger partial charge in [-0.05, 0) is 12.8 Å². The van der Waals surface area contributed by atoms with E-state index in [9.17, 15) is 4.79 Å². The van der Waals surface area contributed by atoms with E-state index < -0.39 is 0 Å². The van der Waals surface area contributed by atoms with Crippen LogP contribution < -0.4 is 5.32 Å². The summed E-state index contributed by atoms with van der Waals surface area (Å²) in [5.41, 5.74) is 0. The Labute approximate surface area is 80.8 Å². The van der Waals surface area contributed by atoms with Gasteiger partial charge in [0.1, 0.15) is 0 Å². The fraction of sp³-hybridized carbons (Fsp3) is 0.900. The predicted octanol–water partition coefficient (Wildman–Crippen LogP) is 1.43. The molecular weight excluding hydrogens is 166 g/mol. The molecule has 0 bridgehead atoms. The first kappa shape index (κ1) is 12.4. The summed E-state index contributed by atoms with van der Waals surface area (Å²) < 4.78 is 4.63. The zero-order chi connectivity index (χ0) is 10.4. The highest BCUT2D eigenvalue weighted by Crippen LogP contribution is 2.02. The van der Waals surface area contributed by atoms with Gasteiger partial charge in [-0.2, -0.15) is 0 Å². The standard InChI is InChI=1S/C10H21NO2/c1-7(2)9(4)11-6-8(3)10(12)13-5/h7-9,11H,6H2,1-5H3/t8-,9+/m1/s1. The molecule has 0 aliphatic heterocycles. The van der Waals surface area contributed by atoms with E-state index in [2.05, 4.69) is 30.8 Å². The van der Waals surface area contributed by atoms with Crippen molar-refractivity contribution in [1.29, 1.82) is 0 Å². The quantitative estimate of drug-likeness (QED) is 0.662. The third-order valence-electron chi connectivity index (χ3n) is 2.35. The van der Waals surface area contributed by atoms with Crippen molar-refractivity contribution in [1.82, 2.24) is 5.32 Å². The number of rotatable bonds is 5. The van der Waals surface area contributed by atoms with E-state index in [1.165, 1.54) is 7.11 Å². The summed E-state index contributed by atoms with van der Waals surface area (Å²) in [6.07, 6.45) is 0. The third kappa shape index (κ3) is 4.88. The van der Waals surface area contributed by atoms with Crippen molar-refractivity contribution < 1.29 is 9.53 Å². The molecule has 3 heteroatoms. The SMILES string of the molecule is COC(=O)[C@H](C)CN[C@@H](C)C(C)C. The van der Waals surface area contributed by atoms with Crippen molar-refractivity contribution >= 4 is 5.97 Å². The molecule has 0 aliphatic rings. The largest absolute Gasteiger partial charge is 0.469 e. The molecule has 0 heterocycles. The Kier molecular flexibility index (Phi) is 5.71. The number of esters is 1. The highest BCUT2D eigenvalue weighted by molar-refractivity contribution is 5.72. The van der Waals surface area contributed by atoms with Crippen molar-refractivity contribution in [3.8, 4) is 0 Å². The molecule has 1 N–H and O–H groups in total. The number of hydrogen-bond donors (Lipinski definition) is 1. The molecular formula is C10H21NO2. The summed E-state index contributed by atoms with van der Waals surface area (Å²) in [6.45, 7) is 8.98. The zero-order valence-corrected chi connectivity index (χ0v) is 9.26. The topological polar surface area (TPSA) is 38.3 Å². The van der Waals surface area contributed by atoms with E-state index in [1.807, 2.05) is 6.92 Å². The smallest absolute Gasteiger partial charge is 0.309 e. The summed E-state index contributed by atoms with van der Waals surface area (Å²) >= 11 is 0. The Balaban J connectivity index is 3.69. The number of methoxy groups -OCH3 is 1. The second kappa shape index (κ2) is 5.97. The Morgan fingerprint density at radius 2 is 1.85 bits per heavy atom. The maximum Gasteiger partial charge on any atom is 0.309 e. The minimum atomic E-state index is -0.150. The summed E-state index contributed by atoms with van der Waals surface area (Å²) in [6, 6.07) is 0.437. The van der Waals surface area contributed by atoms with Gasteiger partial charge in [-0.1, -0.05) is 20.8 Å². The maximum absolute atomic E-state index is 11.0. The molecule has 0 unspecified atom stereocenters. The fourth-order valence-electron chi connectivity index (χ4n) is 0.883. The van der Waals surface area contributed by atoms with Crippen LogP contribution in [0.15, 0.2) is 0 Å². The highest BCUT2D eigenvalue weighted by Gasteiger charge is 2.14. The van der Waals surface area contributed by atoms with Gasteiger partial charge in [0.2, 0.25) is 0 Å². The Hall–Kier alpha value is -0.570. The van der Waals surface area contributed by atoms with Crippen LogP contribution in [0.2, 0.25) is 0 Å². The highest BCUT2D eigenvalue weighted by atomic mass is 16.5. The van der Waals surface area contributed by atoms with Gasteiger partial charge in [0.15, 0.2) is 0 Å². The molecule has 0 spiro atoms. The van der Waals surface area contributed by atoms with Crippen LogP contribution >= 0.6 is 0 Å². The van der Waals surface area contributed by atoms with Gasteiger partial charge in [0.05, 0.1) is 13.0 Å². The van der Waals surface area contributed by atoms with Crippen molar-refractivity contribution in [2.45, 2.75) is 33.7 Å². The van der Waals surface area contributed by atoms with Gasteiger partial charge in [0, 0.05) is 12.6 Å². The number of carbonyl (C=O) groups is 1. The van der Waals surface area contributed by atoms with E-state index in [0.717, 1.165) is 0 Å². The number of hydrogen-bond acceptors (Lipinski definition) is 3. The number of carbonyl (C=O) groups excluding carboxylic acids is 1. The van der Waals surface area contributed by atoms with Gasteiger partial charge in [-0.15, -0.1) is 0 Å². The molecule has 0 aromatic heterocycles. The number of nitrogens with one attached hydrogen (secondary N) is 1. The van der Waals surface area contributed by atoms with Crippen LogP contribution in [-0.2, 0) is 9.53 Å². The molecule has 78 valence electrons. The van der Waals surface area contributed by atoms with Crippen LogP contribution in [0.25, 0.3) is 0 Å². The molecule has 0 aromatic rings. The van der Waals surface area contributed by atoms with E-state index in [4.69, 9.17) is 0 Å². The summed E-state index contributed by atoms with van der Waals surface area (Å²) in [4.78, 5) is 11.0. The van der Waals surface area contributed by atoms with Gasteiger partial charge < -0.3 is 10.1 Å². The third-order valence-corrected chi connectivity index (χ3v) is 2.35. The van der Waals surface area contributed by atoms with Gasteiger partial charge >= 0.3 is 5.97 Å². The van der Waals surface area contributed by atoms with Crippen LogP contribution in [0.1, 0.15) is 27.7 Å². The summed E-state index contributed by atoms with van der Waals surface area (Å²) in [5.74, 6) is 0.375. The van der Waals surface area contributed by atoms with Crippen molar-refractivity contribution in [3.63, 3.8) is 0 Å². The average Bonchev–Trinajstić information content (AvgIpc) is 2.11. The molecule has 2 atom stereocenters. The lowest BCUT2D eigenvalue weighted by atomic mass is 10.1. The zero-order valence-electron chi connectivity index (χ0n) is 9.26. The monoisotopic (exact) mass is 187 g/mol. The molecule has 0 fully saturated rings. The van der Waals surface area contributed by atoms with E-state index >= 15 is 0 Å². The van der Waals surface area contributed by atoms with Crippen molar-refractivity contribution in [2.24, 2.45) is 11.8 Å². The lowest BCUT2D eigenvalue weighted by Gasteiger charge is -2.19. The first-order chi connectivity index (χ1) is 5.99. The molecule has 0 aromatic carbocycles. The van der Waals surface area contributed by atoms with Crippen molar-refractivity contribution in [2.75, 3.05) is 13.7 Å². The molecule has 0 saturated carbocycles. The second-order valence-corrected chi connectivity index (χ2v) is 3.87. The summed E-state index contributed by atoms with van der Waals surface area (Å²) in [5, 5.41) is 3.30. The van der Waals surface area contributed by atoms with Crippen LogP contribution in [0, 0.1) is 11.8 Å².